The molecule has 14 nitrogen and oxygen atoms in total. The quantitative estimate of drug-likeness (QED) is 0.0558. The summed E-state index contributed by atoms with van der Waals surface area (Å²) < 4.78 is 61.7. The summed E-state index contributed by atoms with van der Waals surface area (Å²) in [5.41, 5.74) is 12.9. The molecule has 19 heteroatoms. The minimum absolute atomic E-state index is 0. The zero-order valence-electron chi connectivity index (χ0n) is 38.5. The third-order valence-electron chi connectivity index (χ3n) is 13.8. The van der Waals surface area contributed by atoms with E-state index < -0.39 is 12.9 Å². The fraction of sp³-hybridized carbons (Fsp3) is 0.574. The maximum Gasteiger partial charge on any atom is 1.00 e. The first-order chi connectivity index (χ1) is 31.4. The molecule has 352 valence electrons. The Bertz CT molecular complexity index is 2260. The van der Waals surface area contributed by atoms with Crippen molar-refractivity contribution in [3.05, 3.63) is 75.1 Å². The van der Waals surface area contributed by atoms with Crippen molar-refractivity contribution in [2.75, 3.05) is 75.6 Å². The first kappa shape index (κ1) is 50.0. The Kier molecular flexibility index (Phi) is 17.0. The molecule has 0 unspecified atom stereocenters. The number of nitrogen functional groups attached to an aromatic ring is 1. The van der Waals surface area contributed by atoms with Gasteiger partial charge in [-0.05, 0) is 62.6 Å². The molecule has 1 aromatic heterocycles. The summed E-state index contributed by atoms with van der Waals surface area (Å²) in [4.78, 5) is 32.1. The number of benzene rings is 2. The molecule has 1 aliphatic carbocycles. The number of amidine groups is 1. The number of nitrogens with one attached hydrogen (secondary N) is 4. The molecule has 6 aliphatic rings. The second kappa shape index (κ2) is 22.5. The standard InChI is InChI=1S/C24H30F2N5O.C23H32F2N6O2.K/c1-27-24(32)29-13-11-20-19(15-29)23(28-31(20)18-7-3-2-4-8-18)30-12-5-6-16-9-10-17(22(25)26)14-21(16)30;1-28-23(32)30-8-4-19(29-15-5-9-33-10-6-15)17(13-30)22(27)31-7-2-3-14-11-18(26)16(21(24)25)12-20(14)31;/h9,14,18,22H,2-8,11-13,15H2,1H3,(H,27,32);11-12,15,21,27,29H,2-10,13,26H2,1H3,(H,28,32);/q-1;;+1. The van der Waals surface area contributed by atoms with E-state index in [1.54, 1.807) is 42.1 Å². The summed E-state index contributed by atoms with van der Waals surface area (Å²) in [6, 6.07) is 9.42. The van der Waals surface area contributed by atoms with Crippen molar-refractivity contribution < 1.29 is 83.3 Å². The number of carbonyl (C=O) groups is 2. The topological polar surface area (TPSA) is 160 Å². The SMILES string of the molecule is CNC(=O)N1CCC(NC2CCOCC2)=C(C(=N)N2CCCc3cc(N)c(C(F)F)cc32)C1.CNC(=O)N1CCc2c(c(N3CCCc4c[c-]c(C(F)F)cc43)nn2C2CCCCC2)C1.[K+]. The van der Waals surface area contributed by atoms with E-state index in [9.17, 15) is 27.2 Å². The molecule has 66 heavy (non-hydrogen) atoms. The van der Waals surface area contributed by atoms with E-state index in [0.29, 0.717) is 57.5 Å². The van der Waals surface area contributed by atoms with E-state index in [2.05, 4.69) is 31.6 Å². The van der Waals surface area contributed by atoms with E-state index in [1.165, 1.54) is 31.0 Å². The number of hydrogen-bond acceptors (Lipinski definition) is 8. The molecule has 1 saturated carbocycles. The van der Waals surface area contributed by atoms with Gasteiger partial charge in [0.15, 0.2) is 5.82 Å². The molecule has 6 N–H and O–H groups in total. The summed E-state index contributed by atoms with van der Waals surface area (Å²) in [6.07, 6.45) is 7.11. The number of fused-ring (bicyclic) bond motifs is 3. The van der Waals surface area contributed by atoms with Crippen LogP contribution in [0.3, 0.4) is 0 Å². The molecule has 1 saturated heterocycles. The van der Waals surface area contributed by atoms with Gasteiger partial charge in [0.2, 0.25) is 6.43 Å². The summed E-state index contributed by atoms with van der Waals surface area (Å²) >= 11 is 0. The van der Waals surface area contributed by atoms with E-state index >= 15 is 0 Å². The number of nitrogens with zero attached hydrogens (tertiary/aromatic N) is 6. The molecule has 2 aromatic carbocycles. The van der Waals surface area contributed by atoms with Crippen LogP contribution in [0.4, 0.5) is 50.0 Å². The number of alkyl halides is 4. The zero-order valence-corrected chi connectivity index (χ0v) is 41.6. The van der Waals surface area contributed by atoms with Crippen LogP contribution in [0.1, 0.15) is 117 Å². The van der Waals surface area contributed by atoms with Gasteiger partial charge in [-0.2, -0.15) is 17.2 Å². The fourth-order valence-corrected chi connectivity index (χ4v) is 10.3. The van der Waals surface area contributed by atoms with Gasteiger partial charge < -0.3 is 46.0 Å². The Labute approximate surface area is 427 Å². The molecule has 3 aromatic rings. The van der Waals surface area contributed by atoms with Crippen LogP contribution in [0.15, 0.2) is 35.5 Å². The van der Waals surface area contributed by atoms with Crippen molar-refractivity contribution in [1.29, 1.82) is 5.41 Å². The van der Waals surface area contributed by atoms with Gasteiger partial charge in [-0.3, -0.25) is 10.1 Å². The predicted octanol–water partition coefficient (Wildman–Crippen LogP) is 4.92. The van der Waals surface area contributed by atoms with Crippen LogP contribution in [-0.2, 0) is 30.5 Å². The smallest absolute Gasteiger partial charge is 0.398 e. The number of urea groups is 2. The number of rotatable bonds is 7. The van der Waals surface area contributed by atoms with Crippen LogP contribution in [0.25, 0.3) is 0 Å². The normalized spacial score (nSPS) is 19.0. The average Bonchev–Trinajstić information content (AvgIpc) is 3.72. The van der Waals surface area contributed by atoms with Crippen molar-refractivity contribution in [3.63, 3.8) is 0 Å². The number of ether oxygens (including phenoxy) is 1. The van der Waals surface area contributed by atoms with Gasteiger partial charge in [0, 0.05) is 112 Å². The number of hydrogen-bond donors (Lipinski definition) is 5. The Balaban J connectivity index is 0.000000193. The molecule has 6 heterocycles. The third-order valence-corrected chi connectivity index (χ3v) is 13.8. The molecule has 0 atom stereocenters. The van der Waals surface area contributed by atoms with Gasteiger partial charge in [0.1, 0.15) is 5.84 Å². The molecule has 5 aliphatic heterocycles. The molecule has 4 amide bonds. The number of anilines is 4. The number of amides is 4. The second-order valence-corrected chi connectivity index (χ2v) is 17.8. The van der Waals surface area contributed by atoms with Crippen molar-refractivity contribution in [3.8, 4) is 0 Å². The molecule has 0 bridgehead atoms. The molecular weight excluding hydrogens is 882 g/mol. The predicted molar refractivity (Wildman–Crippen MR) is 242 cm³/mol. The Morgan fingerprint density at radius 3 is 2.20 bits per heavy atom. The summed E-state index contributed by atoms with van der Waals surface area (Å²) in [5.74, 6) is 1.07. The first-order valence-electron chi connectivity index (χ1n) is 23.2. The van der Waals surface area contributed by atoms with Gasteiger partial charge in [-0.25, -0.2) is 27.2 Å². The fourth-order valence-electron chi connectivity index (χ4n) is 10.3. The van der Waals surface area contributed by atoms with Gasteiger partial charge in [-0.15, -0.1) is 11.6 Å². The van der Waals surface area contributed by atoms with E-state index in [4.69, 9.17) is 21.0 Å². The Hall–Kier alpha value is -3.88. The molecule has 0 spiro atoms. The van der Waals surface area contributed by atoms with Crippen LogP contribution >= 0.6 is 0 Å². The number of aromatic nitrogens is 2. The second-order valence-electron chi connectivity index (χ2n) is 17.8. The van der Waals surface area contributed by atoms with Crippen molar-refractivity contribution >= 4 is 40.8 Å². The van der Waals surface area contributed by atoms with Gasteiger partial charge in [0.05, 0.1) is 19.1 Å². The average molecular weight is 944 g/mol. The van der Waals surface area contributed by atoms with Gasteiger partial charge in [-0.1, -0.05) is 36.9 Å². The van der Waals surface area contributed by atoms with E-state index in [0.717, 1.165) is 104 Å². The maximum atomic E-state index is 13.5. The zero-order chi connectivity index (χ0) is 45.8. The van der Waals surface area contributed by atoms with Crippen LogP contribution in [0.2, 0.25) is 0 Å². The number of halogens is 4. The molecule has 2 fully saturated rings. The summed E-state index contributed by atoms with van der Waals surface area (Å²) in [6.45, 7) is 4.64. The number of aryl methyl sites for hydroxylation is 2. The minimum atomic E-state index is -2.68. The number of carbonyl (C=O) groups excluding carboxylic acids is 2. The van der Waals surface area contributed by atoms with Crippen molar-refractivity contribution in [2.45, 2.75) is 115 Å². The van der Waals surface area contributed by atoms with Gasteiger partial charge >= 0.3 is 63.4 Å². The van der Waals surface area contributed by atoms with E-state index in [1.807, 2.05) is 4.90 Å². The summed E-state index contributed by atoms with van der Waals surface area (Å²) in [7, 11) is 3.23. The van der Waals surface area contributed by atoms with Crippen molar-refractivity contribution in [2.24, 2.45) is 0 Å². The van der Waals surface area contributed by atoms with Gasteiger partial charge in [0.25, 0.3) is 6.43 Å². The van der Waals surface area contributed by atoms with Crippen LogP contribution in [0, 0.1) is 11.5 Å². The minimum Gasteiger partial charge on any atom is -0.398 e. The maximum absolute atomic E-state index is 13.5. The molecular formula is C47H62F4KN11O3. The van der Waals surface area contributed by atoms with Crippen LogP contribution in [0.5, 0.6) is 0 Å². The van der Waals surface area contributed by atoms with E-state index in [-0.39, 0.29) is 98.7 Å². The summed E-state index contributed by atoms with van der Waals surface area (Å²) in [5, 5.41) is 23.2. The first-order valence-corrected chi connectivity index (χ1v) is 23.2. The largest absolute Gasteiger partial charge is 1.00 e. The Morgan fingerprint density at radius 1 is 0.818 bits per heavy atom. The Morgan fingerprint density at radius 2 is 1.50 bits per heavy atom. The third kappa shape index (κ3) is 10.9. The van der Waals surface area contributed by atoms with Crippen molar-refractivity contribution in [1.82, 2.24) is 35.5 Å². The molecule has 0 radical (unpaired) electrons. The monoisotopic (exact) mass is 943 g/mol. The van der Waals surface area contributed by atoms with Crippen LogP contribution < -0.4 is 82.9 Å². The number of nitrogens with two attached hydrogens (primary N) is 1. The van der Waals surface area contributed by atoms with Crippen LogP contribution in [-0.4, -0.2) is 104 Å². The molecule has 9 rings (SSSR count).